The summed E-state index contributed by atoms with van der Waals surface area (Å²) in [5.74, 6) is 0. The Morgan fingerprint density at radius 3 is 0.750 bits per heavy atom. The Balaban J connectivity index is 1.17. The SMILES string of the molecule is NC1CCCC[C@H]1n1c(=O)c2cc3c(=O)n([C@@H]4CCCC[C@H]4n4c(=O)c5cc6c(=O)n(C7CCCC[C@H]7N)c(=O)c6cc5c4=O)c(=O)c3cc2c1=O. The monoisotopic (exact) mass is 706 g/mol. The molecule has 3 saturated carbocycles. The first-order chi connectivity index (χ1) is 25.0. The third-order valence-corrected chi connectivity index (χ3v) is 12.5. The minimum atomic E-state index is -0.875. The molecule has 3 aliphatic rings. The number of aromatic nitrogens is 4. The number of hydrogen-bond acceptors (Lipinski definition) is 10. The molecule has 4 N–H and O–H groups in total. The maximum atomic E-state index is 14.1. The lowest BCUT2D eigenvalue weighted by atomic mass is 9.90. The minimum absolute atomic E-state index is 0.0120. The van der Waals surface area contributed by atoms with Gasteiger partial charge in [-0.15, -0.1) is 0 Å². The van der Waals surface area contributed by atoms with E-state index < -0.39 is 68.6 Å². The van der Waals surface area contributed by atoms with Gasteiger partial charge in [0.2, 0.25) is 0 Å². The summed E-state index contributed by atoms with van der Waals surface area (Å²) in [6, 6.07) is 1.88. The molecule has 4 heterocycles. The number of rotatable bonds is 4. The average molecular weight is 707 g/mol. The molecule has 14 heteroatoms. The van der Waals surface area contributed by atoms with Crippen molar-refractivity contribution in [2.45, 2.75) is 113 Å². The fourth-order valence-corrected chi connectivity index (χ4v) is 9.84. The number of benzene rings is 2. The molecule has 6 aromatic rings. The molecule has 0 saturated heterocycles. The summed E-state index contributed by atoms with van der Waals surface area (Å²) in [6.45, 7) is 0. The smallest absolute Gasteiger partial charge is 0.261 e. The fraction of sp³-hybridized carbons (Fsp3) is 0.474. The average Bonchev–Trinajstić information content (AvgIpc) is 3.73. The maximum Gasteiger partial charge on any atom is 0.261 e. The molecule has 0 spiro atoms. The fourth-order valence-electron chi connectivity index (χ4n) is 9.84. The predicted octanol–water partition coefficient (Wildman–Crippen LogP) is 1.38. The topological polar surface area (TPSA) is 208 Å². The summed E-state index contributed by atoms with van der Waals surface area (Å²) in [6.07, 6.45) is 7.90. The summed E-state index contributed by atoms with van der Waals surface area (Å²) in [7, 11) is 0. The van der Waals surface area contributed by atoms with Crippen molar-refractivity contribution in [3.63, 3.8) is 0 Å². The van der Waals surface area contributed by atoms with Crippen molar-refractivity contribution < 1.29 is 0 Å². The first kappa shape index (κ1) is 32.8. The van der Waals surface area contributed by atoms with Crippen LogP contribution in [0.25, 0.3) is 43.1 Å². The van der Waals surface area contributed by atoms with Gasteiger partial charge in [0, 0.05) is 12.1 Å². The molecule has 0 radical (unpaired) electrons. The van der Waals surface area contributed by atoms with Crippen LogP contribution in [-0.4, -0.2) is 30.4 Å². The minimum Gasteiger partial charge on any atom is -0.326 e. The highest BCUT2D eigenvalue weighted by Gasteiger charge is 2.36. The molecule has 6 atom stereocenters. The zero-order valence-corrected chi connectivity index (χ0v) is 28.5. The lowest BCUT2D eigenvalue weighted by Crippen LogP contribution is -2.42. The Hall–Kier alpha value is -5.08. The molecule has 52 heavy (non-hydrogen) atoms. The summed E-state index contributed by atoms with van der Waals surface area (Å²) >= 11 is 0. The molecule has 0 amide bonds. The van der Waals surface area contributed by atoms with E-state index in [1.54, 1.807) is 0 Å². The van der Waals surface area contributed by atoms with Crippen molar-refractivity contribution in [1.29, 1.82) is 0 Å². The van der Waals surface area contributed by atoms with Crippen LogP contribution in [0.4, 0.5) is 0 Å². The standard InChI is InChI=1S/C38H38N6O8/c39-25-7-1-3-9-27(25)41-31(45)17-13-21-22(14-18(17)32(41)46)36(50)43(35(21)49)29-11-5-6-12-30(29)44-37(51)23-15-19-20(16-24(23)38(44)52)34(48)42(33(19)47)28-10-4-2-8-26(28)40/h13-16,25-30H,1-12,39-40H2/t25-,26?,27?,28-,29-,30-/m1/s1. The van der Waals surface area contributed by atoms with Crippen LogP contribution < -0.4 is 55.9 Å². The van der Waals surface area contributed by atoms with E-state index >= 15 is 0 Å². The Labute approximate surface area is 292 Å². The van der Waals surface area contributed by atoms with Gasteiger partial charge in [0.15, 0.2) is 0 Å². The van der Waals surface area contributed by atoms with Gasteiger partial charge in [-0.05, 0) is 62.8 Å². The Morgan fingerprint density at radius 1 is 0.327 bits per heavy atom. The summed E-state index contributed by atoms with van der Waals surface area (Å²) in [4.78, 5) is 111. The van der Waals surface area contributed by atoms with Gasteiger partial charge in [-0.2, -0.15) is 0 Å². The third kappa shape index (κ3) is 4.43. The molecule has 4 aromatic heterocycles. The van der Waals surface area contributed by atoms with Crippen LogP contribution in [0.3, 0.4) is 0 Å². The van der Waals surface area contributed by atoms with Gasteiger partial charge in [0.05, 0.1) is 67.3 Å². The van der Waals surface area contributed by atoms with Crippen molar-refractivity contribution in [3.8, 4) is 0 Å². The number of fused-ring (bicyclic) bond motifs is 4. The van der Waals surface area contributed by atoms with Gasteiger partial charge in [0.1, 0.15) is 0 Å². The molecule has 9 rings (SSSR count). The third-order valence-electron chi connectivity index (χ3n) is 12.5. The summed E-state index contributed by atoms with van der Waals surface area (Å²) < 4.78 is 4.48. The van der Waals surface area contributed by atoms with Crippen molar-refractivity contribution in [2.24, 2.45) is 11.5 Å². The molecule has 3 fully saturated rings. The van der Waals surface area contributed by atoms with E-state index in [2.05, 4.69) is 0 Å². The Kier molecular flexibility index (Phi) is 7.39. The van der Waals surface area contributed by atoms with Crippen LogP contribution >= 0.6 is 0 Å². The van der Waals surface area contributed by atoms with Crippen molar-refractivity contribution in [2.75, 3.05) is 0 Å². The Morgan fingerprint density at radius 2 is 0.519 bits per heavy atom. The van der Waals surface area contributed by atoms with Gasteiger partial charge >= 0.3 is 0 Å². The molecular formula is C38H38N6O8. The van der Waals surface area contributed by atoms with E-state index in [0.717, 1.165) is 34.8 Å². The molecule has 0 bridgehead atoms. The van der Waals surface area contributed by atoms with Gasteiger partial charge < -0.3 is 11.5 Å². The lowest BCUT2D eigenvalue weighted by molar-refractivity contribution is 0.229. The molecule has 268 valence electrons. The molecule has 2 aromatic carbocycles. The van der Waals surface area contributed by atoms with Gasteiger partial charge in [-0.1, -0.05) is 38.5 Å². The van der Waals surface area contributed by atoms with E-state index in [1.165, 1.54) is 33.4 Å². The second-order valence-corrected chi connectivity index (χ2v) is 15.3. The number of nitrogens with two attached hydrogens (primary N) is 2. The zero-order chi connectivity index (χ0) is 36.3. The molecule has 2 unspecified atom stereocenters. The maximum absolute atomic E-state index is 14.1. The molecule has 3 aliphatic carbocycles. The highest BCUT2D eigenvalue weighted by molar-refractivity contribution is 5.99. The van der Waals surface area contributed by atoms with E-state index in [-0.39, 0.29) is 55.2 Å². The van der Waals surface area contributed by atoms with E-state index in [1.807, 2.05) is 0 Å². The van der Waals surface area contributed by atoms with Crippen LogP contribution in [0, 0.1) is 0 Å². The van der Waals surface area contributed by atoms with Crippen LogP contribution in [-0.2, 0) is 0 Å². The van der Waals surface area contributed by atoms with E-state index in [0.29, 0.717) is 51.4 Å². The van der Waals surface area contributed by atoms with Crippen molar-refractivity contribution in [3.05, 3.63) is 107 Å². The molecule has 14 nitrogen and oxygen atoms in total. The largest absolute Gasteiger partial charge is 0.326 e. The van der Waals surface area contributed by atoms with Crippen molar-refractivity contribution in [1.82, 2.24) is 18.3 Å². The summed E-state index contributed by atoms with van der Waals surface area (Å²) in [5.41, 5.74) is 7.76. The summed E-state index contributed by atoms with van der Waals surface area (Å²) in [5, 5.41) is 0.142. The first-order valence-electron chi connectivity index (χ1n) is 18.4. The molecular weight excluding hydrogens is 668 g/mol. The number of hydrogen-bond donors (Lipinski definition) is 2. The lowest BCUT2D eigenvalue weighted by Gasteiger charge is -2.31. The second kappa shape index (κ2) is 11.7. The predicted molar refractivity (Wildman–Crippen MR) is 197 cm³/mol. The van der Waals surface area contributed by atoms with Gasteiger partial charge in [-0.3, -0.25) is 56.6 Å². The quantitative estimate of drug-likeness (QED) is 0.269. The molecule has 0 aliphatic heterocycles. The normalized spacial score (nSPS) is 26.0. The van der Waals surface area contributed by atoms with Gasteiger partial charge in [-0.25, -0.2) is 0 Å². The number of nitrogens with zero attached hydrogens (tertiary/aromatic N) is 4. The van der Waals surface area contributed by atoms with Crippen molar-refractivity contribution >= 4 is 43.1 Å². The highest BCUT2D eigenvalue weighted by Crippen LogP contribution is 2.36. The van der Waals surface area contributed by atoms with Crippen LogP contribution in [0.15, 0.2) is 62.6 Å². The second-order valence-electron chi connectivity index (χ2n) is 15.3. The highest BCUT2D eigenvalue weighted by atomic mass is 16.2. The first-order valence-corrected chi connectivity index (χ1v) is 18.4. The van der Waals surface area contributed by atoms with Gasteiger partial charge in [0.25, 0.3) is 44.5 Å². The van der Waals surface area contributed by atoms with E-state index in [4.69, 9.17) is 11.5 Å². The Bertz CT molecular complexity index is 2560. The zero-order valence-electron chi connectivity index (χ0n) is 28.5. The van der Waals surface area contributed by atoms with Crippen LogP contribution in [0.5, 0.6) is 0 Å². The van der Waals surface area contributed by atoms with Crippen LogP contribution in [0.2, 0.25) is 0 Å². The van der Waals surface area contributed by atoms with Crippen LogP contribution in [0.1, 0.15) is 101 Å². The van der Waals surface area contributed by atoms with E-state index in [9.17, 15) is 38.4 Å².